The minimum absolute atomic E-state index is 0.0688. The molecule has 174 valence electrons. The largest absolute Gasteiger partial charge is 0.383 e. The Morgan fingerprint density at radius 3 is 2.34 bits per heavy atom. The van der Waals surface area contributed by atoms with Gasteiger partial charge in [0.25, 0.3) is 0 Å². The SMILES string of the molecule is COCCN(Cc1cc(Cl)ccc1OS(=O)(=O)c1ccc(NC(C)=O)cc1)C(=O)C(C)C. The molecule has 0 saturated carbocycles. The number of amides is 2. The first-order chi connectivity index (χ1) is 15.0. The number of benzene rings is 2. The van der Waals surface area contributed by atoms with Crippen molar-refractivity contribution in [3.8, 4) is 5.75 Å². The number of anilines is 1. The highest BCUT2D eigenvalue weighted by Crippen LogP contribution is 2.28. The van der Waals surface area contributed by atoms with Crippen molar-refractivity contribution in [2.24, 2.45) is 5.92 Å². The van der Waals surface area contributed by atoms with Crippen molar-refractivity contribution in [1.29, 1.82) is 0 Å². The van der Waals surface area contributed by atoms with Gasteiger partial charge in [-0.1, -0.05) is 25.4 Å². The van der Waals surface area contributed by atoms with E-state index in [1.54, 1.807) is 24.8 Å². The van der Waals surface area contributed by atoms with Crippen molar-refractivity contribution in [3.05, 3.63) is 53.1 Å². The van der Waals surface area contributed by atoms with Gasteiger partial charge in [-0.2, -0.15) is 8.42 Å². The highest BCUT2D eigenvalue weighted by Gasteiger charge is 2.22. The fourth-order valence-corrected chi connectivity index (χ4v) is 4.03. The molecule has 0 bridgehead atoms. The smallest absolute Gasteiger partial charge is 0.339 e. The van der Waals surface area contributed by atoms with E-state index in [0.29, 0.717) is 29.4 Å². The maximum atomic E-state index is 12.8. The molecule has 0 unspecified atom stereocenters. The van der Waals surface area contributed by atoms with Gasteiger partial charge in [0.05, 0.1) is 6.61 Å². The molecule has 10 heteroatoms. The monoisotopic (exact) mass is 482 g/mol. The molecule has 8 nitrogen and oxygen atoms in total. The number of carbonyl (C=O) groups excluding carboxylic acids is 2. The molecule has 0 saturated heterocycles. The van der Waals surface area contributed by atoms with Crippen LogP contribution in [0.25, 0.3) is 0 Å². The number of methoxy groups -OCH3 is 1. The summed E-state index contributed by atoms with van der Waals surface area (Å²) in [6.45, 7) is 5.69. The van der Waals surface area contributed by atoms with Crippen LogP contribution in [0.5, 0.6) is 5.75 Å². The first-order valence-corrected chi connectivity index (χ1v) is 11.7. The molecule has 0 aliphatic rings. The molecule has 0 fully saturated rings. The van der Waals surface area contributed by atoms with Crippen molar-refractivity contribution >= 4 is 39.2 Å². The molecular weight excluding hydrogens is 456 g/mol. The number of rotatable bonds is 10. The molecule has 0 aliphatic carbocycles. The van der Waals surface area contributed by atoms with Gasteiger partial charge in [0.1, 0.15) is 10.6 Å². The van der Waals surface area contributed by atoms with Crippen LogP contribution < -0.4 is 9.50 Å². The lowest BCUT2D eigenvalue weighted by Crippen LogP contribution is -2.36. The van der Waals surface area contributed by atoms with Crippen LogP contribution in [-0.2, 0) is 31.0 Å². The minimum Gasteiger partial charge on any atom is -0.383 e. The minimum atomic E-state index is -4.17. The van der Waals surface area contributed by atoms with Crippen molar-refractivity contribution < 1.29 is 26.9 Å². The van der Waals surface area contributed by atoms with Crippen molar-refractivity contribution in [1.82, 2.24) is 4.90 Å². The maximum Gasteiger partial charge on any atom is 0.339 e. The number of halogens is 1. The zero-order valence-electron chi connectivity index (χ0n) is 18.4. The summed E-state index contributed by atoms with van der Waals surface area (Å²) in [5.41, 5.74) is 0.908. The molecule has 0 aromatic heterocycles. The first-order valence-electron chi connectivity index (χ1n) is 9.91. The molecule has 0 heterocycles. The van der Waals surface area contributed by atoms with Gasteiger partial charge < -0.3 is 19.1 Å². The Kier molecular flexibility index (Phi) is 9.06. The highest BCUT2D eigenvalue weighted by molar-refractivity contribution is 7.87. The Hall–Kier alpha value is -2.62. The number of nitrogens with zero attached hydrogens (tertiary/aromatic N) is 1. The molecule has 0 atom stereocenters. The van der Waals surface area contributed by atoms with Crippen molar-refractivity contribution in [3.63, 3.8) is 0 Å². The maximum absolute atomic E-state index is 12.8. The first kappa shape index (κ1) is 25.6. The lowest BCUT2D eigenvalue weighted by atomic mass is 10.1. The van der Waals surface area contributed by atoms with E-state index in [2.05, 4.69) is 5.32 Å². The third kappa shape index (κ3) is 7.22. The molecule has 0 radical (unpaired) electrons. The summed E-state index contributed by atoms with van der Waals surface area (Å²) in [5.74, 6) is -0.554. The lowest BCUT2D eigenvalue weighted by molar-refractivity contribution is -0.135. The van der Waals surface area contributed by atoms with Crippen LogP contribution in [0.3, 0.4) is 0 Å². The molecule has 0 spiro atoms. The standard InChI is InChI=1S/C22H27ClN2O6S/c1-15(2)22(27)25(11-12-30-4)14-17-13-18(23)5-10-21(17)31-32(28,29)20-8-6-19(7-9-20)24-16(3)26/h5-10,13,15H,11-12,14H2,1-4H3,(H,24,26). The second-order valence-electron chi connectivity index (χ2n) is 7.40. The zero-order chi connectivity index (χ0) is 23.9. The van der Waals surface area contributed by atoms with Crippen LogP contribution in [0.2, 0.25) is 5.02 Å². The van der Waals surface area contributed by atoms with Crippen LogP contribution >= 0.6 is 11.6 Å². The van der Waals surface area contributed by atoms with E-state index >= 15 is 0 Å². The van der Waals surface area contributed by atoms with E-state index in [1.807, 2.05) is 0 Å². The number of carbonyl (C=O) groups is 2. The van der Waals surface area contributed by atoms with Crippen molar-refractivity contribution in [2.45, 2.75) is 32.2 Å². The van der Waals surface area contributed by atoms with Gasteiger partial charge in [-0.05, 0) is 42.5 Å². The molecule has 0 aliphatic heterocycles. The van der Waals surface area contributed by atoms with Gasteiger partial charge in [0, 0.05) is 49.3 Å². The van der Waals surface area contributed by atoms with Crippen LogP contribution in [-0.4, -0.2) is 45.4 Å². The number of hydrogen-bond acceptors (Lipinski definition) is 6. The van der Waals surface area contributed by atoms with Gasteiger partial charge in [0.2, 0.25) is 11.8 Å². The molecule has 2 rings (SSSR count). The fraction of sp³-hybridized carbons (Fsp3) is 0.364. The predicted octanol–water partition coefficient (Wildman–Crippen LogP) is 3.70. The van der Waals surface area contributed by atoms with Gasteiger partial charge in [-0.3, -0.25) is 9.59 Å². The normalized spacial score (nSPS) is 11.3. The fourth-order valence-electron chi connectivity index (χ4n) is 2.87. The Labute approximate surface area is 193 Å². The van der Waals surface area contributed by atoms with Gasteiger partial charge in [-0.25, -0.2) is 0 Å². The second-order valence-corrected chi connectivity index (χ2v) is 9.39. The summed E-state index contributed by atoms with van der Waals surface area (Å²) in [6, 6.07) is 10.1. The summed E-state index contributed by atoms with van der Waals surface area (Å²) >= 11 is 6.13. The summed E-state index contributed by atoms with van der Waals surface area (Å²) in [7, 11) is -2.63. The lowest BCUT2D eigenvalue weighted by Gasteiger charge is -2.25. The van der Waals surface area contributed by atoms with E-state index < -0.39 is 10.1 Å². The molecule has 2 aromatic rings. The summed E-state index contributed by atoms with van der Waals surface area (Å²) in [5, 5.41) is 2.95. The van der Waals surface area contributed by atoms with E-state index in [4.69, 9.17) is 20.5 Å². The Morgan fingerprint density at radius 2 is 1.78 bits per heavy atom. The van der Waals surface area contributed by atoms with Crippen LogP contribution in [0.1, 0.15) is 26.3 Å². The quantitative estimate of drug-likeness (QED) is 0.518. The zero-order valence-corrected chi connectivity index (χ0v) is 20.0. The Balaban J connectivity index is 2.31. The molecular formula is C22H27ClN2O6S. The highest BCUT2D eigenvalue weighted by atomic mass is 35.5. The number of nitrogens with one attached hydrogen (secondary N) is 1. The number of ether oxygens (including phenoxy) is 1. The average molecular weight is 483 g/mol. The van der Waals surface area contributed by atoms with Gasteiger partial charge in [0.15, 0.2) is 0 Å². The predicted molar refractivity (Wildman–Crippen MR) is 122 cm³/mol. The molecule has 1 N–H and O–H groups in total. The van der Waals surface area contributed by atoms with E-state index in [0.717, 1.165) is 0 Å². The van der Waals surface area contributed by atoms with E-state index in [9.17, 15) is 18.0 Å². The average Bonchev–Trinajstić information content (AvgIpc) is 2.72. The van der Waals surface area contributed by atoms with Crippen LogP contribution in [0, 0.1) is 5.92 Å². The van der Waals surface area contributed by atoms with Crippen LogP contribution in [0.15, 0.2) is 47.4 Å². The van der Waals surface area contributed by atoms with Crippen molar-refractivity contribution in [2.75, 3.05) is 25.6 Å². The Bertz CT molecular complexity index is 1050. The second kappa shape index (κ2) is 11.3. The molecule has 32 heavy (non-hydrogen) atoms. The molecule has 2 aromatic carbocycles. The van der Waals surface area contributed by atoms with E-state index in [-0.39, 0.29) is 34.9 Å². The summed E-state index contributed by atoms with van der Waals surface area (Å²) < 4.78 is 36.1. The third-order valence-corrected chi connectivity index (χ3v) is 5.90. The topological polar surface area (TPSA) is 102 Å². The van der Waals surface area contributed by atoms with E-state index in [1.165, 1.54) is 50.4 Å². The third-order valence-electron chi connectivity index (χ3n) is 4.42. The van der Waals surface area contributed by atoms with Crippen LogP contribution in [0.4, 0.5) is 5.69 Å². The summed E-state index contributed by atoms with van der Waals surface area (Å²) in [6.07, 6.45) is 0. The van der Waals surface area contributed by atoms with Gasteiger partial charge in [-0.15, -0.1) is 0 Å². The number of hydrogen-bond donors (Lipinski definition) is 1. The van der Waals surface area contributed by atoms with Gasteiger partial charge >= 0.3 is 10.1 Å². The summed E-state index contributed by atoms with van der Waals surface area (Å²) in [4.78, 5) is 25.2. The molecule has 2 amide bonds. The Morgan fingerprint density at radius 1 is 1.12 bits per heavy atom.